The Balaban J connectivity index is 1.40. The maximum atomic E-state index is 13.2. The van der Waals surface area contributed by atoms with Gasteiger partial charge in [0.2, 0.25) is 15.9 Å². The van der Waals surface area contributed by atoms with Crippen LogP contribution in [0.15, 0.2) is 52.0 Å². The molecule has 1 saturated heterocycles. The highest BCUT2D eigenvalue weighted by Gasteiger charge is 2.34. The number of sulfonamides is 1. The molecular formula is C20H21ClN4O4S. The minimum absolute atomic E-state index is 0.0463. The van der Waals surface area contributed by atoms with Gasteiger partial charge in [0.15, 0.2) is 5.52 Å². The van der Waals surface area contributed by atoms with Crippen LogP contribution in [0.2, 0.25) is 5.02 Å². The molecule has 3 aromatic rings. The van der Waals surface area contributed by atoms with Gasteiger partial charge in [0.05, 0.1) is 5.92 Å². The van der Waals surface area contributed by atoms with E-state index in [9.17, 15) is 13.2 Å². The van der Waals surface area contributed by atoms with Crippen LogP contribution in [-0.2, 0) is 21.2 Å². The summed E-state index contributed by atoms with van der Waals surface area (Å²) in [6.45, 7) is 0.975. The summed E-state index contributed by atoms with van der Waals surface area (Å²) >= 11 is 5.88. The number of nitrogens with zero attached hydrogens (tertiary/aromatic N) is 3. The second-order valence-corrected chi connectivity index (χ2v) is 9.60. The topological polar surface area (TPSA) is 105 Å². The van der Waals surface area contributed by atoms with Crippen molar-refractivity contribution in [3.8, 4) is 0 Å². The summed E-state index contributed by atoms with van der Waals surface area (Å²) in [7, 11) is -3.81. The van der Waals surface area contributed by atoms with Crippen molar-refractivity contribution in [2.75, 3.05) is 19.6 Å². The van der Waals surface area contributed by atoms with Gasteiger partial charge in [-0.2, -0.15) is 4.31 Å². The van der Waals surface area contributed by atoms with Crippen molar-refractivity contribution in [1.82, 2.24) is 19.9 Å². The first-order valence-electron chi connectivity index (χ1n) is 9.69. The van der Waals surface area contributed by atoms with Crippen LogP contribution in [0.25, 0.3) is 11.0 Å². The first kappa shape index (κ1) is 20.8. The van der Waals surface area contributed by atoms with Crippen molar-refractivity contribution in [2.24, 2.45) is 5.92 Å². The van der Waals surface area contributed by atoms with E-state index in [4.69, 9.17) is 11.6 Å². The number of nitrogens with one attached hydrogen (secondary N) is 1. The van der Waals surface area contributed by atoms with Crippen molar-refractivity contribution < 1.29 is 17.8 Å². The van der Waals surface area contributed by atoms with Gasteiger partial charge in [-0.15, -0.1) is 0 Å². The molecule has 0 saturated carbocycles. The molecule has 1 fully saturated rings. The Morgan fingerprint density at radius 1 is 1.20 bits per heavy atom. The molecule has 0 radical (unpaired) electrons. The van der Waals surface area contributed by atoms with Crippen molar-refractivity contribution in [3.63, 3.8) is 0 Å². The van der Waals surface area contributed by atoms with E-state index >= 15 is 0 Å². The van der Waals surface area contributed by atoms with Crippen LogP contribution in [0, 0.1) is 5.92 Å². The zero-order valence-corrected chi connectivity index (χ0v) is 17.7. The molecule has 4 rings (SSSR count). The number of rotatable bonds is 6. The number of halogens is 1. The number of aromatic nitrogens is 2. The van der Waals surface area contributed by atoms with Gasteiger partial charge < -0.3 is 5.32 Å². The average molecular weight is 449 g/mol. The summed E-state index contributed by atoms with van der Waals surface area (Å²) < 4.78 is 32.4. The number of hydrogen-bond donors (Lipinski definition) is 1. The van der Waals surface area contributed by atoms with Gasteiger partial charge >= 0.3 is 0 Å². The molecule has 1 aliphatic rings. The Morgan fingerprint density at radius 2 is 2.00 bits per heavy atom. The van der Waals surface area contributed by atoms with E-state index in [-0.39, 0.29) is 22.9 Å². The summed E-state index contributed by atoms with van der Waals surface area (Å²) in [6.07, 6.45) is 1.94. The Bertz CT molecular complexity index is 1150. The summed E-state index contributed by atoms with van der Waals surface area (Å²) in [6, 6.07) is 12.2. The first-order chi connectivity index (χ1) is 14.4. The van der Waals surface area contributed by atoms with E-state index in [1.165, 1.54) is 10.4 Å². The molecule has 158 valence electrons. The predicted molar refractivity (Wildman–Crippen MR) is 111 cm³/mol. The molecule has 1 N–H and O–H groups in total. The molecule has 0 bridgehead atoms. The fourth-order valence-corrected chi connectivity index (χ4v) is 5.42. The molecule has 2 heterocycles. The second-order valence-electron chi connectivity index (χ2n) is 7.26. The van der Waals surface area contributed by atoms with Crippen molar-refractivity contribution in [3.05, 3.63) is 53.1 Å². The highest BCUT2D eigenvalue weighted by Crippen LogP contribution is 2.27. The molecular weight excluding hydrogens is 428 g/mol. The number of fused-ring (bicyclic) bond motifs is 1. The second kappa shape index (κ2) is 8.71. The van der Waals surface area contributed by atoms with Crippen LogP contribution in [0.5, 0.6) is 0 Å². The molecule has 0 spiro atoms. The summed E-state index contributed by atoms with van der Waals surface area (Å²) in [5.41, 5.74) is 1.65. The third kappa shape index (κ3) is 4.33. The van der Waals surface area contributed by atoms with Crippen LogP contribution < -0.4 is 5.32 Å². The van der Waals surface area contributed by atoms with Crippen LogP contribution in [0.3, 0.4) is 0 Å². The lowest BCUT2D eigenvalue weighted by molar-refractivity contribution is -0.126. The molecule has 0 unspecified atom stereocenters. The monoisotopic (exact) mass is 448 g/mol. The van der Waals surface area contributed by atoms with E-state index < -0.39 is 15.9 Å². The maximum absolute atomic E-state index is 13.2. The van der Waals surface area contributed by atoms with Gasteiger partial charge in [-0.25, -0.2) is 13.0 Å². The Labute approximate surface area is 179 Å². The minimum Gasteiger partial charge on any atom is -0.355 e. The van der Waals surface area contributed by atoms with E-state index in [2.05, 4.69) is 20.3 Å². The normalized spacial score (nSPS) is 17.8. The fraction of sp³-hybridized carbons (Fsp3) is 0.350. The first-order valence-corrected chi connectivity index (χ1v) is 11.5. The molecule has 1 amide bonds. The van der Waals surface area contributed by atoms with E-state index in [0.29, 0.717) is 42.9 Å². The predicted octanol–water partition coefficient (Wildman–Crippen LogP) is 2.64. The molecule has 10 heteroatoms. The highest BCUT2D eigenvalue weighted by molar-refractivity contribution is 7.89. The molecule has 2 aromatic carbocycles. The smallest absolute Gasteiger partial charge is 0.245 e. The Morgan fingerprint density at radius 3 is 2.80 bits per heavy atom. The third-order valence-corrected chi connectivity index (χ3v) is 7.40. The van der Waals surface area contributed by atoms with Crippen LogP contribution in [-0.4, -0.2) is 48.6 Å². The van der Waals surface area contributed by atoms with Crippen molar-refractivity contribution in [2.45, 2.75) is 24.2 Å². The number of hydrogen-bond acceptors (Lipinski definition) is 6. The number of carbonyl (C=O) groups is 1. The quantitative estimate of drug-likeness (QED) is 0.621. The highest BCUT2D eigenvalue weighted by atomic mass is 35.5. The van der Waals surface area contributed by atoms with Gasteiger partial charge in [0.1, 0.15) is 10.4 Å². The summed E-state index contributed by atoms with van der Waals surface area (Å²) in [4.78, 5) is 12.7. The van der Waals surface area contributed by atoms with Crippen LogP contribution in [0.1, 0.15) is 18.4 Å². The lowest BCUT2D eigenvalue weighted by Crippen LogP contribution is -2.45. The minimum atomic E-state index is -3.81. The van der Waals surface area contributed by atoms with E-state index in [0.717, 1.165) is 5.56 Å². The molecule has 8 nitrogen and oxygen atoms in total. The lowest BCUT2D eigenvalue weighted by atomic mass is 9.99. The number of carbonyl (C=O) groups excluding carboxylic acids is 1. The van der Waals surface area contributed by atoms with Crippen LogP contribution in [0.4, 0.5) is 0 Å². The zero-order valence-electron chi connectivity index (χ0n) is 16.1. The standard InChI is InChI=1S/C20H21ClN4O4S/c21-16-8-6-14(7-9-16)10-11-22-20(26)15-3-2-12-25(13-15)30(27,28)18-5-1-4-17-19(18)24-29-23-17/h1,4-9,15H,2-3,10-13H2,(H,22,26)/t15-/m1/s1. The van der Waals surface area contributed by atoms with E-state index in [1.54, 1.807) is 12.1 Å². The zero-order chi connectivity index (χ0) is 21.1. The SMILES string of the molecule is O=C(NCCc1ccc(Cl)cc1)[C@@H]1CCCN(S(=O)(=O)c2cccc3nonc23)C1. The summed E-state index contributed by atoms with van der Waals surface area (Å²) in [5, 5.41) is 11.0. The Kier molecular flexibility index (Phi) is 6.03. The van der Waals surface area contributed by atoms with Gasteiger partial charge in [-0.05, 0) is 59.4 Å². The lowest BCUT2D eigenvalue weighted by Gasteiger charge is -2.31. The number of benzene rings is 2. The van der Waals surface area contributed by atoms with Gasteiger partial charge in [-0.1, -0.05) is 29.8 Å². The van der Waals surface area contributed by atoms with Gasteiger partial charge in [-0.3, -0.25) is 4.79 Å². The molecule has 0 aliphatic carbocycles. The van der Waals surface area contributed by atoms with Crippen molar-refractivity contribution >= 4 is 38.6 Å². The van der Waals surface area contributed by atoms with Crippen molar-refractivity contribution in [1.29, 1.82) is 0 Å². The number of amides is 1. The summed E-state index contributed by atoms with van der Waals surface area (Å²) in [5.74, 6) is -0.529. The number of piperidine rings is 1. The molecule has 1 atom stereocenters. The molecule has 1 aliphatic heterocycles. The average Bonchev–Trinajstić information content (AvgIpc) is 3.24. The van der Waals surface area contributed by atoms with Gasteiger partial charge in [0, 0.05) is 24.7 Å². The Hall–Kier alpha value is -2.49. The van der Waals surface area contributed by atoms with Crippen LogP contribution >= 0.6 is 11.6 Å². The maximum Gasteiger partial charge on any atom is 0.245 e. The third-order valence-electron chi connectivity index (χ3n) is 5.25. The fourth-order valence-electron chi connectivity index (χ4n) is 3.63. The molecule has 30 heavy (non-hydrogen) atoms. The molecule has 1 aromatic heterocycles. The van der Waals surface area contributed by atoms with E-state index in [1.807, 2.05) is 24.3 Å². The largest absolute Gasteiger partial charge is 0.355 e. The van der Waals surface area contributed by atoms with Gasteiger partial charge in [0.25, 0.3) is 0 Å².